The number of carbonyl (C=O) groups is 1. The van der Waals surface area contributed by atoms with Gasteiger partial charge in [-0.2, -0.15) is 0 Å². The fourth-order valence-corrected chi connectivity index (χ4v) is 1.93. The maximum Gasteiger partial charge on any atom is 0.173 e. The molecule has 0 unspecified atom stereocenters. The Hall–Kier alpha value is -0.550. The highest BCUT2D eigenvalue weighted by molar-refractivity contribution is 9.09. The summed E-state index contributed by atoms with van der Waals surface area (Å²) < 4.78 is 5.52. The van der Waals surface area contributed by atoms with Gasteiger partial charge in [0.15, 0.2) is 5.78 Å². The van der Waals surface area contributed by atoms with E-state index in [1.807, 2.05) is 25.2 Å². The molecule has 0 atom stereocenters. The molecule has 0 fully saturated rings. The van der Waals surface area contributed by atoms with Crippen LogP contribution in [0.3, 0.4) is 0 Å². The zero-order valence-corrected chi connectivity index (χ0v) is 12.2. The topological polar surface area (TPSA) is 29.5 Å². The van der Waals surface area contributed by atoms with Crippen LogP contribution in [0.1, 0.15) is 10.4 Å². The molecule has 0 saturated heterocycles. The molecular weight excluding hydrogens is 338 g/mol. The lowest BCUT2D eigenvalue weighted by molar-refractivity contribution is 0.102. The Morgan fingerprint density at radius 3 is 3.00 bits per heavy atom. The SMILES string of the molecule is Br.CN1CCOc2cc(C(=O)CBr)ccc21. The van der Waals surface area contributed by atoms with Gasteiger partial charge in [0, 0.05) is 12.6 Å². The van der Waals surface area contributed by atoms with Crippen molar-refractivity contribution in [3.63, 3.8) is 0 Å². The Balaban J connectivity index is 0.00000128. The van der Waals surface area contributed by atoms with E-state index < -0.39 is 0 Å². The lowest BCUT2D eigenvalue weighted by Gasteiger charge is -2.27. The second kappa shape index (κ2) is 5.68. The smallest absolute Gasteiger partial charge is 0.173 e. The molecule has 5 heteroatoms. The summed E-state index contributed by atoms with van der Waals surface area (Å²) >= 11 is 3.16. The molecule has 1 aromatic rings. The van der Waals surface area contributed by atoms with Crippen molar-refractivity contribution >= 4 is 44.4 Å². The molecule has 16 heavy (non-hydrogen) atoms. The van der Waals surface area contributed by atoms with Gasteiger partial charge in [0.1, 0.15) is 12.4 Å². The van der Waals surface area contributed by atoms with Crippen molar-refractivity contribution in [2.24, 2.45) is 0 Å². The van der Waals surface area contributed by atoms with Crippen LogP contribution < -0.4 is 9.64 Å². The Morgan fingerprint density at radius 1 is 1.56 bits per heavy atom. The van der Waals surface area contributed by atoms with Gasteiger partial charge in [-0.05, 0) is 18.2 Å². The third-order valence-corrected chi connectivity index (χ3v) is 3.01. The number of hydrogen-bond donors (Lipinski definition) is 0. The van der Waals surface area contributed by atoms with Crippen LogP contribution >= 0.6 is 32.9 Å². The number of alkyl halides is 1. The highest BCUT2D eigenvalue weighted by atomic mass is 79.9. The van der Waals surface area contributed by atoms with Gasteiger partial charge in [0.25, 0.3) is 0 Å². The largest absolute Gasteiger partial charge is 0.490 e. The molecule has 0 radical (unpaired) electrons. The van der Waals surface area contributed by atoms with Crippen molar-refractivity contribution in [1.29, 1.82) is 0 Å². The first-order valence-electron chi connectivity index (χ1n) is 4.79. The van der Waals surface area contributed by atoms with Crippen molar-refractivity contribution in [3.05, 3.63) is 23.8 Å². The lowest BCUT2D eigenvalue weighted by Crippen LogP contribution is -2.28. The lowest BCUT2D eigenvalue weighted by atomic mass is 10.1. The predicted octanol–water partition coefficient (Wildman–Crippen LogP) is 2.67. The fraction of sp³-hybridized carbons (Fsp3) is 0.364. The molecule has 1 aromatic carbocycles. The second-order valence-electron chi connectivity index (χ2n) is 3.51. The standard InChI is InChI=1S/C11H12BrNO2.BrH/c1-13-4-5-15-11-6-8(10(14)7-12)2-3-9(11)13;/h2-3,6H,4-5,7H2,1H3;1H. The van der Waals surface area contributed by atoms with Gasteiger partial charge in [-0.3, -0.25) is 4.79 Å². The summed E-state index contributed by atoms with van der Waals surface area (Å²) in [5.41, 5.74) is 1.74. The first-order valence-corrected chi connectivity index (χ1v) is 5.91. The Morgan fingerprint density at radius 2 is 2.31 bits per heavy atom. The average Bonchev–Trinajstić information content (AvgIpc) is 2.28. The number of carbonyl (C=O) groups excluding carboxylic acids is 1. The van der Waals surface area contributed by atoms with Crippen molar-refractivity contribution in [2.45, 2.75) is 0 Å². The monoisotopic (exact) mass is 349 g/mol. The van der Waals surface area contributed by atoms with Gasteiger partial charge in [-0.1, -0.05) is 15.9 Å². The molecule has 88 valence electrons. The molecule has 0 aromatic heterocycles. The van der Waals surface area contributed by atoms with E-state index in [0.29, 0.717) is 17.5 Å². The van der Waals surface area contributed by atoms with Crippen molar-refractivity contribution < 1.29 is 9.53 Å². The number of rotatable bonds is 2. The zero-order chi connectivity index (χ0) is 10.8. The zero-order valence-electron chi connectivity index (χ0n) is 8.90. The van der Waals surface area contributed by atoms with Crippen LogP contribution in [0.5, 0.6) is 5.75 Å². The number of likely N-dealkylation sites (N-methyl/N-ethyl adjacent to an activating group) is 1. The first-order chi connectivity index (χ1) is 7.22. The molecule has 1 aliphatic heterocycles. The normalized spacial score (nSPS) is 13.5. The third kappa shape index (κ3) is 2.58. The summed E-state index contributed by atoms with van der Waals surface area (Å²) in [5.74, 6) is 0.880. The first kappa shape index (κ1) is 13.5. The molecule has 2 rings (SSSR count). The third-order valence-electron chi connectivity index (χ3n) is 2.50. The van der Waals surface area contributed by atoms with Crippen LogP contribution in [0, 0.1) is 0 Å². The quantitative estimate of drug-likeness (QED) is 0.606. The summed E-state index contributed by atoms with van der Waals surface area (Å²) in [4.78, 5) is 13.6. The van der Waals surface area contributed by atoms with Gasteiger partial charge in [0.2, 0.25) is 0 Å². The van der Waals surface area contributed by atoms with E-state index in [1.54, 1.807) is 0 Å². The maximum absolute atomic E-state index is 11.5. The number of Topliss-reactive ketones (excluding diaryl/α,β-unsaturated/α-hetero) is 1. The molecule has 0 saturated carbocycles. The van der Waals surface area contributed by atoms with E-state index in [0.717, 1.165) is 18.0 Å². The van der Waals surface area contributed by atoms with Crippen LogP contribution in [-0.4, -0.2) is 31.3 Å². The van der Waals surface area contributed by atoms with Crippen molar-refractivity contribution in [1.82, 2.24) is 0 Å². The Labute approximate surface area is 114 Å². The summed E-state index contributed by atoms with van der Waals surface area (Å²) in [7, 11) is 2.02. The fourth-order valence-electron chi connectivity index (χ4n) is 1.61. The van der Waals surface area contributed by atoms with E-state index in [1.165, 1.54) is 0 Å². The number of ketones is 1. The van der Waals surface area contributed by atoms with E-state index in [-0.39, 0.29) is 22.8 Å². The molecular formula is C11H13Br2NO2. The molecule has 0 aliphatic carbocycles. The minimum absolute atomic E-state index is 0. The van der Waals surface area contributed by atoms with E-state index in [4.69, 9.17) is 4.74 Å². The van der Waals surface area contributed by atoms with Gasteiger partial charge in [-0.15, -0.1) is 17.0 Å². The minimum Gasteiger partial charge on any atom is -0.490 e. The van der Waals surface area contributed by atoms with E-state index in [2.05, 4.69) is 20.8 Å². The van der Waals surface area contributed by atoms with Gasteiger partial charge >= 0.3 is 0 Å². The van der Waals surface area contributed by atoms with Crippen LogP contribution in [0.2, 0.25) is 0 Å². The molecule has 0 amide bonds. The van der Waals surface area contributed by atoms with Gasteiger partial charge in [-0.25, -0.2) is 0 Å². The summed E-state index contributed by atoms with van der Waals surface area (Å²) in [6, 6.07) is 5.59. The number of benzene rings is 1. The molecule has 1 heterocycles. The number of nitrogens with zero attached hydrogens (tertiary/aromatic N) is 1. The predicted molar refractivity (Wildman–Crippen MR) is 73.7 cm³/mol. The number of halogens is 2. The van der Waals surface area contributed by atoms with Crippen LogP contribution in [0.15, 0.2) is 18.2 Å². The van der Waals surface area contributed by atoms with Crippen LogP contribution in [-0.2, 0) is 0 Å². The number of anilines is 1. The average molecular weight is 351 g/mol. The van der Waals surface area contributed by atoms with Crippen LogP contribution in [0.25, 0.3) is 0 Å². The molecule has 3 nitrogen and oxygen atoms in total. The summed E-state index contributed by atoms with van der Waals surface area (Å²) in [6.07, 6.45) is 0. The summed E-state index contributed by atoms with van der Waals surface area (Å²) in [6.45, 7) is 1.56. The molecule has 0 bridgehead atoms. The van der Waals surface area contributed by atoms with Crippen LogP contribution in [0.4, 0.5) is 5.69 Å². The second-order valence-corrected chi connectivity index (χ2v) is 4.07. The van der Waals surface area contributed by atoms with Crippen molar-refractivity contribution in [2.75, 3.05) is 30.4 Å². The number of ether oxygens (including phenoxy) is 1. The molecule has 0 spiro atoms. The number of hydrogen-bond acceptors (Lipinski definition) is 3. The maximum atomic E-state index is 11.5. The van der Waals surface area contributed by atoms with Gasteiger partial charge in [0.05, 0.1) is 17.6 Å². The molecule has 1 aliphatic rings. The highest BCUT2D eigenvalue weighted by Gasteiger charge is 2.16. The highest BCUT2D eigenvalue weighted by Crippen LogP contribution is 2.31. The Kier molecular flexibility index (Phi) is 4.80. The van der Waals surface area contributed by atoms with Crippen molar-refractivity contribution in [3.8, 4) is 5.75 Å². The Bertz CT molecular complexity index is 396. The minimum atomic E-state index is 0. The molecule has 0 N–H and O–H groups in total. The van der Waals surface area contributed by atoms with Gasteiger partial charge < -0.3 is 9.64 Å². The van der Waals surface area contributed by atoms with E-state index in [9.17, 15) is 4.79 Å². The summed E-state index contributed by atoms with van der Waals surface area (Å²) in [5, 5.41) is 0.349. The number of fused-ring (bicyclic) bond motifs is 1. The van der Waals surface area contributed by atoms with E-state index >= 15 is 0 Å².